The number of benzene rings is 1. The number of carbonyl (C=O) groups is 2. The van der Waals surface area contributed by atoms with E-state index in [4.69, 9.17) is 0 Å². The highest BCUT2D eigenvalue weighted by Crippen LogP contribution is 2.20. The summed E-state index contributed by atoms with van der Waals surface area (Å²) in [5.74, 6) is 0.119. The molecule has 0 saturated carbocycles. The SMILES string of the molecule is O=C(Nc1nc(NC(=O)C2CCCNC2)n(-c2ccccc2)n1)C1CCCNC1. The van der Waals surface area contributed by atoms with Gasteiger partial charge in [0.2, 0.25) is 17.8 Å². The minimum absolute atomic E-state index is 0.0869. The lowest BCUT2D eigenvalue weighted by molar-refractivity contribution is -0.121. The first-order valence-electron chi connectivity index (χ1n) is 10.3. The molecule has 2 aromatic rings. The Hall–Kier alpha value is -2.78. The van der Waals surface area contributed by atoms with Crippen LogP contribution >= 0.6 is 0 Å². The summed E-state index contributed by atoms with van der Waals surface area (Å²) in [5, 5.41) is 16.6. The number of hydrogen-bond acceptors (Lipinski definition) is 6. The number of nitrogens with zero attached hydrogens (tertiary/aromatic N) is 3. The van der Waals surface area contributed by atoms with Crippen LogP contribution in [0.25, 0.3) is 5.69 Å². The van der Waals surface area contributed by atoms with Gasteiger partial charge >= 0.3 is 0 Å². The Morgan fingerprint density at radius 1 is 0.931 bits per heavy atom. The van der Waals surface area contributed by atoms with Crippen LogP contribution in [0.1, 0.15) is 25.7 Å². The highest BCUT2D eigenvalue weighted by atomic mass is 16.2. The van der Waals surface area contributed by atoms with Gasteiger partial charge in [-0.3, -0.25) is 20.2 Å². The Balaban J connectivity index is 1.53. The van der Waals surface area contributed by atoms with Gasteiger partial charge in [0, 0.05) is 13.1 Å². The smallest absolute Gasteiger partial charge is 0.251 e. The van der Waals surface area contributed by atoms with Gasteiger partial charge in [-0.2, -0.15) is 9.67 Å². The van der Waals surface area contributed by atoms with Crippen LogP contribution in [0.3, 0.4) is 0 Å². The van der Waals surface area contributed by atoms with E-state index >= 15 is 0 Å². The van der Waals surface area contributed by atoms with Gasteiger partial charge in [0.15, 0.2) is 0 Å². The Labute approximate surface area is 169 Å². The molecule has 29 heavy (non-hydrogen) atoms. The molecule has 154 valence electrons. The number of anilines is 2. The number of hydrogen-bond donors (Lipinski definition) is 4. The summed E-state index contributed by atoms with van der Waals surface area (Å²) >= 11 is 0. The lowest BCUT2D eigenvalue weighted by Gasteiger charge is -2.21. The number of nitrogens with one attached hydrogen (secondary N) is 4. The third-order valence-corrected chi connectivity index (χ3v) is 5.41. The molecule has 0 bridgehead atoms. The van der Waals surface area contributed by atoms with Gasteiger partial charge in [0.1, 0.15) is 0 Å². The van der Waals surface area contributed by atoms with E-state index in [9.17, 15) is 9.59 Å². The topological polar surface area (TPSA) is 113 Å². The summed E-state index contributed by atoms with van der Waals surface area (Å²) in [7, 11) is 0. The number of carbonyl (C=O) groups excluding carboxylic acids is 2. The summed E-state index contributed by atoms with van der Waals surface area (Å²) in [6.07, 6.45) is 3.63. The maximum atomic E-state index is 12.7. The van der Waals surface area contributed by atoms with Gasteiger partial charge in [-0.15, -0.1) is 5.10 Å². The van der Waals surface area contributed by atoms with Crippen molar-refractivity contribution in [2.45, 2.75) is 25.7 Å². The van der Waals surface area contributed by atoms with E-state index in [1.54, 1.807) is 4.68 Å². The fourth-order valence-corrected chi connectivity index (χ4v) is 3.77. The summed E-state index contributed by atoms with van der Waals surface area (Å²) < 4.78 is 1.56. The Bertz CT molecular complexity index is 840. The van der Waals surface area contributed by atoms with E-state index in [0.717, 1.165) is 44.5 Å². The van der Waals surface area contributed by atoms with Crippen LogP contribution in [0.2, 0.25) is 0 Å². The molecule has 2 unspecified atom stereocenters. The van der Waals surface area contributed by atoms with Crippen LogP contribution < -0.4 is 21.3 Å². The molecule has 2 aliphatic heterocycles. The fourth-order valence-electron chi connectivity index (χ4n) is 3.77. The second kappa shape index (κ2) is 9.15. The highest BCUT2D eigenvalue weighted by molar-refractivity contribution is 5.93. The molecule has 2 amide bonds. The molecule has 9 heteroatoms. The van der Waals surface area contributed by atoms with Crippen LogP contribution in [-0.2, 0) is 9.59 Å². The number of aromatic nitrogens is 3. The Morgan fingerprint density at radius 2 is 1.55 bits per heavy atom. The molecule has 4 N–H and O–H groups in total. The minimum Gasteiger partial charge on any atom is -0.316 e. The maximum Gasteiger partial charge on any atom is 0.251 e. The quantitative estimate of drug-likeness (QED) is 0.602. The number of rotatable bonds is 5. The maximum absolute atomic E-state index is 12.7. The van der Waals surface area contributed by atoms with E-state index in [-0.39, 0.29) is 29.6 Å². The van der Waals surface area contributed by atoms with Crippen molar-refractivity contribution in [3.05, 3.63) is 30.3 Å². The average molecular weight is 397 g/mol. The Morgan fingerprint density at radius 3 is 2.14 bits per heavy atom. The van der Waals surface area contributed by atoms with Gasteiger partial charge in [0.05, 0.1) is 17.5 Å². The lowest BCUT2D eigenvalue weighted by atomic mass is 9.99. The first-order chi connectivity index (χ1) is 14.2. The van der Waals surface area contributed by atoms with Gasteiger partial charge in [-0.1, -0.05) is 18.2 Å². The molecule has 2 atom stereocenters. The van der Waals surface area contributed by atoms with Crippen molar-refractivity contribution >= 4 is 23.7 Å². The van der Waals surface area contributed by atoms with Crippen LogP contribution in [0.15, 0.2) is 30.3 Å². The van der Waals surface area contributed by atoms with Crippen molar-refractivity contribution in [3.63, 3.8) is 0 Å². The van der Waals surface area contributed by atoms with E-state index < -0.39 is 0 Å². The van der Waals surface area contributed by atoms with Crippen LogP contribution in [0.4, 0.5) is 11.9 Å². The number of para-hydroxylation sites is 1. The van der Waals surface area contributed by atoms with Crippen molar-refractivity contribution in [2.24, 2.45) is 11.8 Å². The van der Waals surface area contributed by atoms with Gasteiger partial charge < -0.3 is 10.6 Å². The molecule has 2 fully saturated rings. The first-order valence-corrected chi connectivity index (χ1v) is 10.3. The highest BCUT2D eigenvalue weighted by Gasteiger charge is 2.25. The minimum atomic E-state index is -0.101. The zero-order valence-corrected chi connectivity index (χ0v) is 16.4. The van der Waals surface area contributed by atoms with Crippen molar-refractivity contribution in [1.29, 1.82) is 0 Å². The first kappa shape index (κ1) is 19.5. The van der Waals surface area contributed by atoms with Crippen molar-refractivity contribution < 1.29 is 9.59 Å². The molecule has 4 rings (SSSR count). The fraction of sp³-hybridized carbons (Fsp3) is 0.500. The van der Waals surface area contributed by atoms with Gasteiger partial charge in [-0.25, -0.2) is 0 Å². The zero-order chi connectivity index (χ0) is 20.1. The monoisotopic (exact) mass is 397 g/mol. The number of piperidine rings is 2. The molecule has 0 radical (unpaired) electrons. The standard InChI is InChI=1S/C20H27N7O2/c28-17(14-6-4-10-21-12-14)23-19-25-20(24-18(29)15-7-5-11-22-13-15)27(26-19)16-8-2-1-3-9-16/h1-3,8-9,14-15,21-22H,4-7,10-13H2,(H2,23,24,25,26,28,29). The molecular formula is C20H27N7O2. The molecule has 2 aliphatic rings. The second-order valence-corrected chi connectivity index (χ2v) is 7.57. The van der Waals surface area contributed by atoms with Crippen LogP contribution in [0, 0.1) is 11.8 Å². The van der Waals surface area contributed by atoms with E-state index in [1.165, 1.54) is 0 Å². The third-order valence-electron chi connectivity index (χ3n) is 5.41. The normalized spacial score (nSPS) is 22.1. The average Bonchev–Trinajstić information content (AvgIpc) is 3.17. The molecule has 0 aliphatic carbocycles. The van der Waals surface area contributed by atoms with E-state index in [1.807, 2.05) is 30.3 Å². The van der Waals surface area contributed by atoms with Crippen LogP contribution in [0.5, 0.6) is 0 Å². The van der Waals surface area contributed by atoms with Crippen LogP contribution in [-0.4, -0.2) is 52.8 Å². The predicted octanol–water partition coefficient (Wildman–Crippen LogP) is 1.14. The molecule has 3 heterocycles. The molecule has 9 nitrogen and oxygen atoms in total. The molecule has 1 aromatic heterocycles. The molecule has 2 saturated heterocycles. The van der Waals surface area contributed by atoms with Crippen molar-refractivity contribution in [2.75, 3.05) is 36.8 Å². The molecule has 1 aromatic carbocycles. The molecular weight excluding hydrogens is 370 g/mol. The van der Waals surface area contributed by atoms with Gasteiger partial charge in [-0.05, 0) is 50.9 Å². The summed E-state index contributed by atoms with van der Waals surface area (Å²) in [5.41, 5.74) is 0.761. The third kappa shape index (κ3) is 4.80. The Kier molecular flexibility index (Phi) is 6.16. The van der Waals surface area contributed by atoms with Crippen molar-refractivity contribution in [3.8, 4) is 5.69 Å². The lowest BCUT2D eigenvalue weighted by Crippen LogP contribution is -2.37. The number of amides is 2. The summed E-state index contributed by atoms with van der Waals surface area (Å²) in [6.45, 7) is 3.19. The van der Waals surface area contributed by atoms with Crippen molar-refractivity contribution in [1.82, 2.24) is 25.4 Å². The summed E-state index contributed by atoms with van der Waals surface area (Å²) in [6, 6.07) is 9.44. The van der Waals surface area contributed by atoms with E-state index in [0.29, 0.717) is 19.0 Å². The molecule has 0 spiro atoms. The predicted molar refractivity (Wildman–Crippen MR) is 110 cm³/mol. The summed E-state index contributed by atoms with van der Waals surface area (Å²) in [4.78, 5) is 29.7. The largest absolute Gasteiger partial charge is 0.316 e. The van der Waals surface area contributed by atoms with E-state index in [2.05, 4.69) is 31.3 Å². The zero-order valence-electron chi connectivity index (χ0n) is 16.4. The second-order valence-electron chi connectivity index (χ2n) is 7.57. The van der Waals surface area contributed by atoms with Gasteiger partial charge in [0.25, 0.3) is 5.95 Å².